The molecule has 0 unspecified atom stereocenters. The van der Waals surface area contributed by atoms with Gasteiger partial charge in [-0.15, -0.1) is 11.8 Å². The highest BCUT2D eigenvalue weighted by Crippen LogP contribution is 2.40. The first kappa shape index (κ1) is 17.4. The predicted octanol–water partition coefficient (Wildman–Crippen LogP) is 5.56. The van der Waals surface area contributed by atoms with Gasteiger partial charge in [-0.1, -0.05) is 43.3 Å². The molecule has 0 atom stereocenters. The quantitative estimate of drug-likeness (QED) is 0.467. The summed E-state index contributed by atoms with van der Waals surface area (Å²) in [4.78, 5) is 1.25. The lowest BCUT2D eigenvalue weighted by Crippen LogP contribution is -2.25. The van der Waals surface area contributed by atoms with Crippen LogP contribution in [-0.4, -0.2) is 16.0 Å². The van der Waals surface area contributed by atoms with Crippen molar-refractivity contribution in [1.82, 2.24) is 0 Å². The van der Waals surface area contributed by atoms with Crippen molar-refractivity contribution in [3.63, 3.8) is 0 Å². The number of hydrogen-bond donors (Lipinski definition) is 2. The van der Waals surface area contributed by atoms with Crippen LogP contribution in [0.25, 0.3) is 0 Å². The average molecular weight is 350 g/mol. The van der Waals surface area contributed by atoms with E-state index in [-0.39, 0.29) is 16.9 Å². The Labute approximate surface area is 153 Å². The minimum Gasteiger partial charge on any atom is -0.508 e. The Morgan fingerprint density at radius 2 is 1.04 bits per heavy atom. The highest BCUT2D eigenvalue weighted by Gasteiger charge is 2.31. The zero-order valence-corrected chi connectivity index (χ0v) is 15.3. The second-order valence-electron chi connectivity index (χ2n) is 6.18. The van der Waals surface area contributed by atoms with Gasteiger partial charge in [0.15, 0.2) is 0 Å². The molecule has 128 valence electrons. The molecule has 0 saturated heterocycles. The van der Waals surface area contributed by atoms with Crippen LogP contribution in [-0.2, 0) is 5.41 Å². The first-order chi connectivity index (χ1) is 12.0. The van der Waals surface area contributed by atoms with E-state index in [1.165, 1.54) is 10.5 Å². The summed E-state index contributed by atoms with van der Waals surface area (Å²) >= 11 is 1.82. The van der Waals surface area contributed by atoms with E-state index in [0.29, 0.717) is 0 Å². The molecular weight excluding hydrogens is 328 g/mol. The van der Waals surface area contributed by atoms with Gasteiger partial charge in [-0.05, 0) is 65.8 Å². The summed E-state index contributed by atoms with van der Waals surface area (Å²) in [6, 6.07) is 23.3. The van der Waals surface area contributed by atoms with E-state index >= 15 is 0 Å². The highest BCUT2D eigenvalue weighted by atomic mass is 32.2. The van der Waals surface area contributed by atoms with Crippen LogP contribution in [0.15, 0.2) is 77.7 Å². The van der Waals surface area contributed by atoms with Gasteiger partial charge in [-0.25, -0.2) is 0 Å². The van der Waals surface area contributed by atoms with Gasteiger partial charge >= 0.3 is 0 Å². The predicted molar refractivity (Wildman–Crippen MR) is 105 cm³/mol. The van der Waals surface area contributed by atoms with E-state index in [1.807, 2.05) is 36.0 Å². The Morgan fingerprint density at radius 1 is 0.680 bits per heavy atom. The van der Waals surface area contributed by atoms with Crippen LogP contribution < -0.4 is 0 Å². The molecule has 0 aliphatic rings. The molecule has 3 rings (SSSR count). The first-order valence-electron chi connectivity index (χ1n) is 8.36. The summed E-state index contributed by atoms with van der Waals surface area (Å²) in [7, 11) is 0. The molecule has 0 bridgehead atoms. The molecule has 0 amide bonds. The van der Waals surface area contributed by atoms with Crippen molar-refractivity contribution in [2.75, 3.05) is 5.75 Å². The Bertz CT molecular complexity index is 776. The molecule has 25 heavy (non-hydrogen) atoms. The van der Waals surface area contributed by atoms with Gasteiger partial charge < -0.3 is 10.2 Å². The zero-order chi connectivity index (χ0) is 17.9. The summed E-state index contributed by atoms with van der Waals surface area (Å²) in [6.07, 6.45) is 0. The van der Waals surface area contributed by atoms with Crippen molar-refractivity contribution in [2.24, 2.45) is 0 Å². The molecule has 0 radical (unpaired) electrons. The third kappa shape index (κ3) is 3.52. The zero-order valence-electron chi connectivity index (χ0n) is 14.4. The van der Waals surface area contributed by atoms with Crippen molar-refractivity contribution in [3.8, 4) is 11.5 Å². The van der Waals surface area contributed by atoms with E-state index < -0.39 is 0 Å². The second kappa shape index (κ2) is 7.24. The van der Waals surface area contributed by atoms with Crippen molar-refractivity contribution >= 4 is 11.8 Å². The fourth-order valence-corrected chi connectivity index (χ4v) is 3.80. The van der Waals surface area contributed by atoms with Gasteiger partial charge in [0.25, 0.3) is 0 Å². The molecule has 0 saturated carbocycles. The smallest absolute Gasteiger partial charge is 0.115 e. The Kier molecular flexibility index (Phi) is 5.05. The lowest BCUT2D eigenvalue weighted by atomic mass is 9.71. The standard InChI is InChI=1S/C22H22O2S/c1-3-25-21-14-8-18(9-15-21)22(2,16-4-10-19(23)11-5-16)17-6-12-20(24)13-7-17/h4-15,23-24H,3H2,1-2H3. The number of phenols is 2. The fourth-order valence-electron chi connectivity index (χ4n) is 3.14. The molecule has 2 nitrogen and oxygen atoms in total. The lowest BCUT2D eigenvalue weighted by molar-refractivity contribution is 0.474. The van der Waals surface area contributed by atoms with Crippen molar-refractivity contribution in [3.05, 3.63) is 89.5 Å². The van der Waals surface area contributed by atoms with Crippen molar-refractivity contribution < 1.29 is 10.2 Å². The van der Waals surface area contributed by atoms with Gasteiger partial charge in [-0.2, -0.15) is 0 Å². The third-order valence-corrected chi connectivity index (χ3v) is 5.53. The van der Waals surface area contributed by atoms with Crippen LogP contribution in [0, 0.1) is 0 Å². The Balaban J connectivity index is 2.14. The monoisotopic (exact) mass is 350 g/mol. The van der Waals surface area contributed by atoms with Crippen LogP contribution in [0.1, 0.15) is 30.5 Å². The van der Waals surface area contributed by atoms with Crippen molar-refractivity contribution in [2.45, 2.75) is 24.2 Å². The molecule has 0 aliphatic heterocycles. The number of phenolic OH excluding ortho intramolecular Hbond substituents is 2. The van der Waals surface area contributed by atoms with Crippen LogP contribution >= 0.6 is 11.8 Å². The third-order valence-electron chi connectivity index (χ3n) is 4.63. The number of aromatic hydroxyl groups is 2. The van der Waals surface area contributed by atoms with E-state index in [9.17, 15) is 10.2 Å². The van der Waals surface area contributed by atoms with Crippen LogP contribution in [0.5, 0.6) is 11.5 Å². The molecule has 3 aromatic rings. The van der Waals surface area contributed by atoms with E-state index in [4.69, 9.17) is 0 Å². The molecule has 0 spiro atoms. The first-order valence-corrected chi connectivity index (χ1v) is 9.35. The molecule has 3 heteroatoms. The minimum absolute atomic E-state index is 0.256. The molecule has 0 aromatic heterocycles. The van der Waals surface area contributed by atoms with E-state index in [1.54, 1.807) is 24.3 Å². The number of thioether (sulfide) groups is 1. The van der Waals surface area contributed by atoms with E-state index in [0.717, 1.165) is 16.9 Å². The van der Waals surface area contributed by atoms with Gasteiger partial charge in [0, 0.05) is 10.3 Å². The molecule has 0 heterocycles. The SMILES string of the molecule is CCSc1ccc(C(C)(c2ccc(O)cc2)c2ccc(O)cc2)cc1. The van der Waals surface area contributed by atoms with Gasteiger partial charge in [0.2, 0.25) is 0 Å². The van der Waals surface area contributed by atoms with Gasteiger partial charge in [0.05, 0.1) is 0 Å². The fraction of sp³-hybridized carbons (Fsp3) is 0.182. The van der Waals surface area contributed by atoms with Gasteiger partial charge in [-0.3, -0.25) is 0 Å². The lowest BCUT2D eigenvalue weighted by Gasteiger charge is -2.32. The molecular formula is C22H22O2S. The van der Waals surface area contributed by atoms with Crippen molar-refractivity contribution in [1.29, 1.82) is 0 Å². The maximum absolute atomic E-state index is 9.66. The highest BCUT2D eigenvalue weighted by molar-refractivity contribution is 7.99. The Hall–Kier alpha value is -2.39. The molecule has 0 aliphatic carbocycles. The molecule has 0 fully saturated rings. The Morgan fingerprint density at radius 3 is 1.40 bits per heavy atom. The topological polar surface area (TPSA) is 40.5 Å². The van der Waals surface area contributed by atoms with Crippen LogP contribution in [0.3, 0.4) is 0 Å². The largest absolute Gasteiger partial charge is 0.508 e. The average Bonchev–Trinajstić information content (AvgIpc) is 2.63. The summed E-state index contributed by atoms with van der Waals surface area (Å²) in [6.45, 7) is 4.32. The minimum atomic E-state index is -0.378. The number of benzene rings is 3. The maximum Gasteiger partial charge on any atom is 0.115 e. The summed E-state index contributed by atoms with van der Waals surface area (Å²) in [5.74, 6) is 1.56. The van der Waals surface area contributed by atoms with E-state index in [2.05, 4.69) is 38.1 Å². The normalized spacial score (nSPS) is 11.4. The number of hydrogen-bond acceptors (Lipinski definition) is 3. The molecule has 3 aromatic carbocycles. The number of rotatable bonds is 5. The summed E-state index contributed by atoms with van der Waals surface area (Å²) in [5.41, 5.74) is 2.97. The molecule has 2 N–H and O–H groups in total. The maximum atomic E-state index is 9.66. The van der Waals surface area contributed by atoms with Crippen LogP contribution in [0.2, 0.25) is 0 Å². The van der Waals surface area contributed by atoms with Crippen LogP contribution in [0.4, 0.5) is 0 Å². The summed E-state index contributed by atoms with van der Waals surface area (Å²) < 4.78 is 0. The second-order valence-corrected chi connectivity index (χ2v) is 7.51. The van der Waals surface area contributed by atoms with Gasteiger partial charge in [0.1, 0.15) is 11.5 Å². The summed E-state index contributed by atoms with van der Waals surface area (Å²) in [5, 5.41) is 19.3.